The Morgan fingerprint density at radius 3 is 1.75 bits per heavy atom. The molecule has 1 aliphatic carbocycles. The molecule has 7 heteroatoms. The highest BCUT2D eigenvalue weighted by molar-refractivity contribution is 5.96. The van der Waals surface area contributed by atoms with E-state index in [-0.39, 0.29) is 34.7 Å². The first-order valence-electron chi connectivity index (χ1n) is 14.8. The second kappa shape index (κ2) is 19.7. The number of nitrogens with two attached hydrogens (primary N) is 1. The summed E-state index contributed by atoms with van der Waals surface area (Å²) in [6.07, 6.45) is 6.67. The van der Waals surface area contributed by atoms with Gasteiger partial charge in [0.1, 0.15) is 0 Å². The van der Waals surface area contributed by atoms with Crippen LogP contribution < -0.4 is 11.1 Å². The van der Waals surface area contributed by atoms with Gasteiger partial charge in [0.05, 0.1) is 5.92 Å². The number of amides is 1. The Morgan fingerprint density at radius 2 is 1.43 bits per heavy atom. The molecule has 7 atom stereocenters. The number of carboxylic acids is 1. The lowest BCUT2D eigenvalue weighted by Gasteiger charge is -2.42. The van der Waals surface area contributed by atoms with Crippen LogP contribution in [0.3, 0.4) is 0 Å². The van der Waals surface area contributed by atoms with E-state index in [9.17, 15) is 14.7 Å². The molecule has 0 bridgehead atoms. The van der Waals surface area contributed by atoms with Crippen molar-refractivity contribution in [2.45, 2.75) is 115 Å². The van der Waals surface area contributed by atoms with Gasteiger partial charge in [-0.3, -0.25) is 9.59 Å². The molecule has 40 heavy (non-hydrogen) atoms. The Morgan fingerprint density at radius 1 is 0.950 bits per heavy atom. The topological polar surface area (TPSA) is 127 Å². The SMILES string of the molecule is C=C/C=C(\C=C)C(=O)NC1CC(C)C(C(C)[C@@H](C)C(C)(C)C(C)C(=O)O)C1.CC.CC(C)C(C)(C)C(C)N.O=O. The minimum absolute atomic E-state index is 0.108. The summed E-state index contributed by atoms with van der Waals surface area (Å²) in [5.41, 5.74) is 6.28. The van der Waals surface area contributed by atoms with Crippen LogP contribution in [0.1, 0.15) is 103 Å². The first-order valence-corrected chi connectivity index (χ1v) is 14.8. The number of hydrogen-bond acceptors (Lipinski definition) is 5. The van der Waals surface area contributed by atoms with E-state index >= 15 is 0 Å². The maximum Gasteiger partial charge on any atom is 0.306 e. The first kappa shape index (κ1) is 42.2. The Kier molecular flexibility index (Phi) is 20.8. The zero-order valence-corrected chi connectivity index (χ0v) is 27.8. The number of allylic oxidation sites excluding steroid dienone is 2. The van der Waals surface area contributed by atoms with E-state index in [1.165, 1.54) is 0 Å². The van der Waals surface area contributed by atoms with Crippen LogP contribution in [0.15, 0.2) is 37.0 Å². The van der Waals surface area contributed by atoms with Crippen LogP contribution in [0.25, 0.3) is 0 Å². The van der Waals surface area contributed by atoms with Crippen LogP contribution in [0.4, 0.5) is 0 Å². The number of carboxylic acid groups (broad SMARTS) is 1. The van der Waals surface area contributed by atoms with Gasteiger partial charge in [-0.1, -0.05) is 114 Å². The fourth-order valence-corrected chi connectivity index (χ4v) is 5.05. The van der Waals surface area contributed by atoms with E-state index < -0.39 is 11.9 Å². The van der Waals surface area contributed by atoms with Gasteiger partial charge < -0.3 is 16.2 Å². The lowest BCUT2D eigenvalue weighted by molar-refractivity contribution is -0.147. The molecule has 1 fully saturated rings. The van der Waals surface area contributed by atoms with Crippen LogP contribution in [-0.4, -0.2) is 29.1 Å². The van der Waals surface area contributed by atoms with Gasteiger partial charge in [0.15, 0.2) is 0 Å². The average Bonchev–Trinajstić information content (AvgIpc) is 3.27. The van der Waals surface area contributed by atoms with E-state index in [0.717, 1.165) is 12.8 Å². The van der Waals surface area contributed by atoms with Gasteiger partial charge >= 0.3 is 5.97 Å². The molecule has 1 aliphatic rings. The monoisotopic (exact) mass is 566 g/mol. The Labute approximate surface area is 245 Å². The molecule has 0 saturated heterocycles. The average molecular weight is 567 g/mol. The normalized spacial score (nSPS) is 22.0. The second-order valence-corrected chi connectivity index (χ2v) is 12.6. The van der Waals surface area contributed by atoms with Crippen molar-refractivity contribution in [3.8, 4) is 0 Å². The third-order valence-electron chi connectivity index (χ3n) is 9.84. The number of carbonyl (C=O) groups excluding carboxylic acids is 1. The molecular formula is C33H62N2O5. The Bertz CT molecular complexity index is 791. The molecule has 0 aromatic carbocycles. The van der Waals surface area contributed by atoms with Crippen LogP contribution in [-0.2, 0) is 9.59 Å². The van der Waals surface area contributed by atoms with E-state index in [1.807, 2.05) is 13.8 Å². The minimum atomic E-state index is -0.741. The van der Waals surface area contributed by atoms with Crippen LogP contribution >= 0.6 is 0 Å². The molecule has 1 rings (SSSR count). The highest BCUT2D eigenvalue weighted by Gasteiger charge is 2.44. The van der Waals surface area contributed by atoms with Crippen LogP contribution in [0, 0.1) is 56.3 Å². The molecule has 7 nitrogen and oxygen atoms in total. The summed E-state index contributed by atoms with van der Waals surface area (Å²) >= 11 is 0. The molecule has 0 spiro atoms. The van der Waals surface area contributed by atoms with Crippen molar-refractivity contribution in [1.82, 2.24) is 5.32 Å². The molecule has 4 N–H and O–H groups in total. The van der Waals surface area contributed by atoms with Crippen molar-refractivity contribution in [1.29, 1.82) is 0 Å². The van der Waals surface area contributed by atoms with Gasteiger partial charge in [-0.15, -0.1) is 0 Å². The summed E-state index contributed by atoms with van der Waals surface area (Å²) in [5.74, 6) is 0.994. The largest absolute Gasteiger partial charge is 0.481 e. The highest BCUT2D eigenvalue weighted by Crippen LogP contribution is 2.47. The van der Waals surface area contributed by atoms with Gasteiger partial charge in [-0.2, -0.15) is 0 Å². The van der Waals surface area contributed by atoms with Gasteiger partial charge in [0.2, 0.25) is 0 Å². The number of aliphatic carboxylic acids is 1. The molecule has 0 aliphatic heterocycles. The summed E-state index contributed by atoms with van der Waals surface area (Å²) in [7, 11) is 0. The fraction of sp³-hybridized carbons (Fsp3) is 0.758. The maximum absolute atomic E-state index is 12.4. The summed E-state index contributed by atoms with van der Waals surface area (Å²) in [5, 5.41) is 12.6. The minimum Gasteiger partial charge on any atom is -0.481 e. The van der Waals surface area contributed by atoms with E-state index in [2.05, 4.69) is 87.7 Å². The van der Waals surface area contributed by atoms with E-state index in [4.69, 9.17) is 15.7 Å². The predicted molar refractivity (Wildman–Crippen MR) is 172 cm³/mol. The molecule has 234 valence electrons. The van der Waals surface area contributed by atoms with Crippen LogP contribution in [0.2, 0.25) is 0 Å². The van der Waals surface area contributed by atoms with Gasteiger partial charge in [-0.25, -0.2) is 0 Å². The molecule has 6 unspecified atom stereocenters. The maximum atomic E-state index is 12.4. The van der Waals surface area contributed by atoms with Crippen molar-refractivity contribution in [3.05, 3.63) is 46.9 Å². The van der Waals surface area contributed by atoms with Gasteiger partial charge in [0, 0.05) is 27.6 Å². The van der Waals surface area contributed by atoms with Gasteiger partial charge in [-0.05, 0) is 60.2 Å². The van der Waals surface area contributed by atoms with Crippen molar-refractivity contribution >= 4 is 11.9 Å². The van der Waals surface area contributed by atoms with E-state index in [0.29, 0.717) is 29.2 Å². The Hall–Kier alpha value is -2.28. The van der Waals surface area contributed by atoms with E-state index in [1.54, 1.807) is 25.2 Å². The smallest absolute Gasteiger partial charge is 0.306 e. The second-order valence-electron chi connectivity index (χ2n) is 12.6. The van der Waals surface area contributed by atoms with Crippen molar-refractivity contribution in [2.24, 2.45) is 52.1 Å². The summed E-state index contributed by atoms with van der Waals surface area (Å²) < 4.78 is 0. The predicted octanol–water partition coefficient (Wildman–Crippen LogP) is 7.94. The van der Waals surface area contributed by atoms with Crippen molar-refractivity contribution in [2.75, 3.05) is 0 Å². The summed E-state index contributed by atoms with van der Waals surface area (Å²) in [6, 6.07) is 0.429. The lowest BCUT2D eigenvalue weighted by atomic mass is 9.63. The zero-order chi connectivity index (χ0) is 32.6. The van der Waals surface area contributed by atoms with Crippen molar-refractivity contribution in [3.63, 3.8) is 0 Å². The number of carbonyl (C=O) groups is 2. The number of hydrogen-bond donors (Lipinski definition) is 3. The molecular weight excluding hydrogens is 504 g/mol. The fourth-order valence-electron chi connectivity index (χ4n) is 5.05. The first-order chi connectivity index (χ1) is 18.4. The molecule has 0 heterocycles. The lowest BCUT2D eigenvalue weighted by Crippen LogP contribution is -2.40. The van der Waals surface area contributed by atoms with Crippen molar-refractivity contribution < 1.29 is 14.7 Å². The third kappa shape index (κ3) is 12.5. The molecule has 0 radical (unpaired) electrons. The quantitative estimate of drug-likeness (QED) is 0.172. The number of nitrogens with one attached hydrogen (secondary N) is 1. The number of rotatable bonds is 11. The molecule has 0 aromatic rings. The molecule has 1 saturated carbocycles. The zero-order valence-electron chi connectivity index (χ0n) is 27.8. The summed E-state index contributed by atoms with van der Waals surface area (Å²) in [4.78, 5) is 37.9. The standard InChI is InChI=1S/C23H37NO3.C8H19N.C2H6.O2/c1-9-11-18(10-2)21(25)24-19-12-14(3)20(13-19)15(4)16(5)23(7,8)17(6)22(26)27;1-6(2)8(4,5)7(3)9;2*1-2/h9-11,14-17,19-20H,1-2,12-13H2,3-8H3,(H,24,25)(H,26,27);6-7H,9H2,1-5H3;1-2H3;/b18-11+;;;/t14?,15?,16-,17?,19?,20?;;;/m1.../s1. The molecule has 0 aromatic heterocycles. The molecule has 1 amide bonds. The summed E-state index contributed by atoms with van der Waals surface area (Å²) in [6.45, 7) is 34.8. The van der Waals surface area contributed by atoms with Crippen LogP contribution in [0.5, 0.6) is 0 Å². The highest BCUT2D eigenvalue weighted by atomic mass is 16.7. The third-order valence-corrected chi connectivity index (χ3v) is 9.84. The van der Waals surface area contributed by atoms with Gasteiger partial charge in [0.25, 0.3) is 5.91 Å². The Balaban J connectivity index is -0.000000883.